The molecule has 0 spiro atoms. The van der Waals surface area contributed by atoms with Crippen LogP contribution in [0.1, 0.15) is 25.3 Å². The summed E-state index contributed by atoms with van der Waals surface area (Å²) in [5.74, 6) is 0.179. The molecule has 1 aliphatic rings. The van der Waals surface area contributed by atoms with Crippen molar-refractivity contribution in [1.29, 1.82) is 0 Å². The van der Waals surface area contributed by atoms with Crippen molar-refractivity contribution < 1.29 is 9.53 Å². The van der Waals surface area contributed by atoms with E-state index >= 15 is 0 Å². The van der Waals surface area contributed by atoms with Crippen molar-refractivity contribution in [3.63, 3.8) is 0 Å². The van der Waals surface area contributed by atoms with Crippen LogP contribution in [0.2, 0.25) is 0 Å². The molecule has 0 saturated carbocycles. The summed E-state index contributed by atoms with van der Waals surface area (Å²) in [4.78, 5) is 27.9. The SMILES string of the molecule is CC(=O)O[C@H]1CCn2c1nc1ccc(Br)cc1c2=O. The molecule has 0 bridgehead atoms. The number of fused-ring (bicyclic) bond motifs is 2. The molecule has 1 atom stereocenters. The summed E-state index contributed by atoms with van der Waals surface area (Å²) in [7, 11) is 0. The van der Waals surface area contributed by atoms with E-state index in [1.165, 1.54) is 6.92 Å². The largest absolute Gasteiger partial charge is 0.454 e. The number of benzene rings is 1. The molecular formula is C13H11BrN2O3. The van der Waals surface area contributed by atoms with Gasteiger partial charge in [0.05, 0.1) is 10.9 Å². The van der Waals surface area contributed by atoms with Crippen LogP contribution in [0, 0.1) is 0 Å². The molecular weight excluding hydrogens is 312 g/mol. The summed E-state index contributed by atoms with van der Waals surface area (Å²) >= 11 is 3.35. The van der Waals surface area contributed by atoms with Crippen molar-refractivity contribution in [3.05, 3.63) is 38.9 Å². The summed E-state index contributed by atoms with van der Waals surface area (Å²) in [5.41, 5.74) is 0.537. The summed E-state index contributed by atoms with van der Waals surface area (Å²) < 4.78 is 7.62. The van der Waals surface area contributed by atoms with Gasteiger partial charge in [-0.3, -0.25) is 14.2 Å². The number of halogens is 1. The van der Waals surface area contributed by atoms with Gasteiger partial charge in [-0.2, -0.15) is 0 Å². The predicted molar refractivity (Wildman–Crippen MR) is 72.8 cm³/mol. The maximum absolute atomic E-state index is 12.4. The lowest BCUT2D eigenvalue weighted by Crippen LogP contribution is -2.22. The van der Waals surface area contributed by atoms with Gasteiger partial charge in [-0.25, -0.2) is 4.98 Å². The highest BCUT2D eigenvalue weighted by Crippen LogP contribution is 2.28. The molecule has 0 saturated heterocycles. The molecule has 1 aliphatic heterocycles. The van der Waals surface area contributed by atoms with Crippen molar-refractivity contribution in [2.75, 3.05) is 0 Å². The molecule has 0 N–H and O–H groups in total. The van der Waals surface area contributed by atoms with E-state index in [1.54, 1.807) is 16.7 Å². The van der Waals surface area contributed by atoms with Gasteiger partial charge in [-0.15, -0.1) is 0 Å². The molecule has 5 nitrogen and oxygen atoms in total. The molecule has 0 amide bonds. The number of hydrogen-bond acceptors (Lipinski definition) is 4. The van der Waals surface area contributed by atoms with Crippen LogP contribution < -0.4 is 5.56 Å². The molecule has 98 valence electrons. The van der Waals surface area contributed by atoms with E-state index in [4.69, 9.17) is 4.74 Å². The fourth-order valence-electron chi connectivity index (χ4n) is 2.36. The molecule has 0 aliphatic carbocycles. The Morgan fingerprint density at radius 2 is 2.32 bits per heavy atom. The smallest absolute Gasteiger partial charge is 0.303 e. The summed E-state index contributed by atoms with van der Waals surface area (Å²) in [5, 5.41) is 0.571. The number of esters is 1. The highest BCUT2D eigenvalue weighted by atomic mass is 79.9. The fraction of sp³-hybridized carbons (Fsp3) is 0.308. The second-order valence-corrected chi connectivity index (χ2v) is 5.39. The number of nitrogens with zero attached hydrogens (tertiary/aromatic N) is 2. The molecule has 2 aromatic rings. The third-order valence-electron chi connectivity index (χ3n) is 3.16. The molecule has 0 unspecified atom stereocenters. The Labute approximate surface area is 117 Å². The molecule has 3 rings (SSSR count). The van der Waals surface area contributed by atoms with Crippen LogP contribution in [-0.2, 0) is 16.1 Å². The summed E-state index contributed by atoms with van der Waals surface area (Å²) in [6.07, 6.45) is 0.178. The van der Waals surface area contributed by atoms with Gasteiger partial charge in [0.1, 0.15) is 0 Å². The average Bonchev–Trinajstić information content (AvgIpc) is 2.73. The molecule has 19 heavy (non-hydrogen) atoms. The Bertz CT molecular complexity index is 738. The number of hydrogen-bond donors (Lipinski definition) is 0. The van der Waals surface area contributed by atoms with E-state index in [1.807, 2.05) is 6.07 Å². The van der Waals surface area contributed by atoms with Gasteiger partial charge in [0.2, 0.25) is 0 Å². The Morgan fingerprint density at radius 3 is 3.05 bits per heavy atom. The van der Waals surface area contributed by atoms with Crippen molar-refractivity contribution in [2.45, 2.75) is 26.0 Å². The van der Waals surface area contributed by atoms with Crippen molar-refractivity contribution in [3.8, 4) is 0 Å². The van der Waals surface area contributed by atoms with Gasteiger partial charge in [0.15, 0.2) is 11.9 Å². The number of carbonyl (C=O) groups excluding carboxylic acids is 1. The minimum Gasteiger partial charge on any atom is -0.454 e. The van der Waals surface area contributed by atoms with Crippen molar-refractivity contribution in [1.82, 2.24) is 9.55 Å². The maximum Gasteiger partial charge on any atom is 0.303 e. The maximum atomic E-state index is 12.4. The number of ether oxygens (including phenoxy) is 1. The van der Waals surface area contributed by atoms with Gasteiger partial charge < -0.3 is 4.74 Å². The first-order chi connectivity index (χ1) is 9.06. The molecule has 2 heterocycles. The van der Waals surface area contributed by atoms with E-state index in [0.717, 1.165) is 4.47 Å². The zero-order valence-corrected chi connectivity index (χ0v) is 11.8. The third kappa shape index (κ3) is 2.06. The van der Waals surface area contributed by atoms with Crippen molar-refractivity contribution in [2.24, 2.45) is 0 Å². The fourth-order valence-corrected chi connectivity index (χ4v) is 2.72. The predicted octanol–water partition coefficient (Wildman–Crippen LogP) is 2.17. The average molecular weight is 323 g/mol. The van der Waals surface area contributed by atoms with E-state index in [0.29, 0.717) is 29.7 Å². The first-order valence-corrected chi connectivity index (χ1v) is 6.73. The summed E-state index contributed by atoms with van der Waals surface area (Å²) in [6, 6.07) is 5.38. The van der Waals surface area contributed by atoms with Crippen LogP contribution >= 0.6 is 15.9 Å². The van der Waals surface area contributed by atoms with Crippen LogP contribution in [0.15, 0.2) is 27.5 Å². The lowest BCUT2D eigenvalue weighted by molar-refractivity contribution is -0.146. The minimum atomic E-state index is -0.418. The van der Waals surface area contributed by atoms with Crippen molar-refractivity contribution >= 4 is 32.8 Å². The monoisotopic (exact) mass is 322 g/mol. The Morgan fingerprint density at radius 1 is 1.53 bits per heavy atom. The van der Waals surface area contributed by atoms with Crippen LogP contribution in [0.4, 0.5) is 0 Å². The lowest BCUT2D eigenvalue weighted by Gasteiger charge is -2.11. The highest BCUT2D eigenvalue weighted by Gasteiger charge is 2.28. The van der Waals surface area contributed by atoms with Crippen LogP contribution in [0.25, 0.3) is 10.9 Å². The van der Waals surface area contributed by atoms with E-state index in [9.17, 15) is 9.59 Å². The Balaban J connectivity index is 2.21. The normalized spacial score (nSPS) is 17.5. The standard InChI is InChI=1S/C13H11BrN2O3/c1-7(17)19-11-4-5-16-12(11)15-10-3-2-8(14)6-9(10)13(16)18/h2-3,6,11H,4-5H2,1H3/t11-/m0/s1. The number of rotatable bonds is 1. The molecule has 6 heteroatoms. The van der Waals surface area contributed by atoms with E-state index < -0.39 is 6.10 Å². The number of carbonyl (C=O) groups is 1. The lowest BCUT2D eigenvalue weighted by atomic mass is 10.2. The number of aromatic nitrogens is 2. The second kappa shape index (κ2) is 4.45. The van der Waals surface area contributed by atoms with E-state index in [2.05, 4.69) is 20.9 Å². The Kier molecular flexibility index (Phi) is 2.89. The van der Waals surface area contributed by atoms with Crippen LogP contribution in [0.5, 0.6) is 0 Å². The molecule has 0 fully saturated rings. The van der Waals surface area contributed by atoms with Crippen LogP contribution in [0.3, 0.4) is 0 Å². The van der Waals surface area contributed by atoms with Gasteiger partial charge in [-0.05, 0) is 18.2 Å². The molecule has 1 aromatic heterocycles. The first kappa shape index (κ1) is 12.3. The van der Waals surface area contributed by atoms with Gasteiger partial charge in [0, 0.05) is 24.4 Å². The Hall–Kier alpha value is -1.69. The third-order valence-corrected chi connectivity index (χ3v) is 3.65. The highest BCUT2D eigenvalue weighted by molar-refractivity contribution is 9.10. The zero-order valence-electron chi connectivity index (χ0n) is 10.2. The quantitative estimate of drug-likeness (QED) is 0.755. The second-order valence-electron chi connectivity index (χ2n) is 4.48. The molecule has 1 aromatic carbocycles. The first-order valence-electron chi connectivity index (χ1n) is 5.93. The zero-order chi connectivity index (χ0) is 13.6. The van der Waals surface area contributed by atoms with Crippen LogP contribution in [-0.4, -0.2) is 15.5 Å². The van der Waals surface area contributed by atoms with Gasteiger partial charge in [-0.1, -0.05) is 15.9 Å². The van der Waals surface area contributed by atoms with Gasteiger partial charge in [0.25, 0.3) is 5.56 Å². The van der Waals surface area contributed by atoms with Gasteiger partial charge >= 0.3 is 5.97 Å². The minimum absolute atomic E-state index is 0.0871. The summed E-state index contributed by atoms with van der Waals surface area (Å²) in [6.45, 7) is 1.89. The molecule has 0 radical (unpaired) electrons. The topological polar surface area (TPSA) is 61.2 Å². The van der Waals surface area contributed by atoms with E-state index in [-0.39, 0.29) is 11.5 Å².